The van der Waals surface area contributed by atoms with E-state index in [9.17, 15) is 14.4 Å². The third kappa shape index (κ3) is 3.62. The highest BCUT2D eigenvalue weighted by Crippen LogP contribution is 2.27. The number of esters is 1. The molecule has 0 saturated carbocycles. The SMILES string of the molecule is CCCCn1c(=O)[nH]c(=O)c2c1nc(COC(=O)C1COc3ccccc3C1)n2C. The minimum atomic E-state index is -0.507. The second-order valence-corrected chi connectivity index (χ2v) is 7.45. The first-order valence-electron chi connectivity index (χ1n) is 10.0. The molecule has 30 heavy (non-hydrogen) atoms. The number of aromatic nitrogens is 4. The number of H-pyrrole nitrogens is 1. The van der Waals surface area contributed by atoms with Crippen LogP contribution in [0.5, 0.6) is 5.75 Å². The third-order valence-electron chi connectivity index (χ3n) is 5.40. The molecule has 1 N–H and O–H groups in total. The molecule has 0 aliphatic carbocycles. The van der Waals surface area contributed by atoms with E-state index in [0.717, 1.165) is 24.2 Å². The molecule has 1 aliphatic rings. The lowest BCUT2D eigenvalue weighted by molar-refractivity contribution is -0.151. The van der Waals surface area contributed by atoms with Gasteiger partial charge in [0.2, 0.25) is 0 Å². The van der Waals surface area contributed by atoms with E-state index in [4.69, 9.17) is 9.47 Å². The second kappa shape index (κ2) is 8.17. The first-order valence-corrected chi connectivity index (χ1v) is 10.0. The fourth-order valence-corrected chi connectivity index (χ4v) is 3.68. The Labute approximate surface area is 172 Å². The predicted octanol–water partition coefficient (Wildman–Crippen LogP) is 1.52. The van der Waals surface area contributed by atoms with Gasteiger partial charge in [-0.2, -0.15) is 0 Å². The number of ether oxygens (including phenoxy) is 2. The van der Waals surface area contributed by atoms with E-state index in [2.05, 4.69) is 9.97 Å². The smallest absolute Gasteiger partial charge is 0.330 e. The zero-order chi connectivity index (χ0) is 21.3. The molecule has 2 aromatic heterocycles. The number of fused-ring (bicyclic) bond motifs is 2. The van der Waals surface area contributed by atoms with E-state index in [0.29, 0.717) is 24.4 Å². The van der Waals surface area contributed by atoms with Crippen LogP contribution >= 0.6 is 0 Å². The number of carbonyl (C=O) groups excluding carboxylic acids is 1. The maximum atomic E-state index is 12.6. The van der Waals surface area contributed by atoms with Crippen molar-refractivity contribution in [2.45, 2.75) is 39.3 Å². The van der Waals surface area contributed by atoms with Crippen LogP contribution in [0.3, 0.4) is 0 Å². The maximum Gasteiger partial charge on any atom is 0.330 e. The zero-order valence-electron chi connectivity index (χ0n) is 17.0. The van der Waals surface area contributed by atoms with Crippen molar-refractivity contribution in [3.63, 3.8) is 0 Å². The van der Waals surface area contributed by atoms with Crippen LogP contribution in [0.1, 0.15) is 31.2 Å². The normalized spacial score (nSPS) is 15.6. The Bertz CT molecular complexity index is 1210. The van der Waals surface area contributed by atoms with E-state index in [-0.39, 0.29) is 24.7 Å². The fourth-order valence-electron chi connectivity index (χ4n) is 3.68. The van der Waals surface area contributed by atoms with Crippen LogP contribution in [0, 0.1) is 5.92 Å². The van der Waals surface area contributed by atoms with Gasteiger partial charge in [-0.3, -0.25) is 19.1 Å². The van der Waals surface area contributed by atoms with E-state index in [1.807, 2.05) is 31.2 Å². The van der Waals surface area contributed by atoms with Gasteiger partial charge in [-0.15, -0.1) is 0 Å². The molecule has 1 atom stereocenters. The Morgan fingerprint density at radius 3 is 2.93 bits per heavy atom. The lowest BCUT2D eigenvalue weighted by Gasteiger charge is -2.23. The average Bonchev–Trinajstić information content (AvgIpc) is 3.08. The van der Waals surface area contributed by atoms with Crippen molar-refractivity contribution in [3.8, 4) is 5.75 Å². The van der Waals surface area contributed by atoms with Gasteiger partial charge >= 0.3 is 11.7 Å². The molecule has 1 unspecified atom stereocenters. The molecule has 3 aromatic rings. The number of rotatable bonds is 6. The summed E-state index contributed by atoms with van der Waals surface area (Å²) in [6.45, 7) is 2.64. The number of hydrogen-bond acceptors (Lipinski definition) is 6. The van der Waals surface area contributed by atoms with Crippen molar-refractivity contribution < 1.29 is 14.3 Å². The molecule has 4 rings (SSSR count). The molecule has 1 aliphatic heterocycles. The summed E-state index contributed by atoms with van der Waals surface area (Å²) >= 11 is 0. The summed E-state index contributed by atoms with van der Waals surface area (Å²) in [7, 11) is 1.67. The first kappa shape index (κ1) is 19.9. The minimum Gasteiger partial charge on any atom is -0.492 e. The molecule has 0 saturated heterocycles. The number of benzene rings is 1. The molecule has 9 nitrogen and oxygen atoms in total. The molecule has 0 fully saturated rings. The second-order valence-electron chi connectivity index (χ2n) is 7.45. The number of carbonyl (C=O) groups is 1. The number of aryl methyl sites for hydroxylation is 2. The van der Waals surface area contributed by atoms with Crippen LogP contribution in [0.2, 0.25) is 0 Å². The average molecular weight is 412 g/mol. The molecule has 1 aromatic carbocycles. The van der Waals surface area contributed by atoms with E-state index in [1.54, 1.807) is 11.6 Å². The minimum absolute atomic E-state index is 0.0937. The summed E-state index contributed by atoms with van der Waals surface area (Å²) in [4.78, 5) is 43.9. The Morgan fingerprint density at radius 2 is 2.13 bits per heavy atom. The van der Waals surface area contributed by atoms with Gasteiger partial charge in [0.05, 0.1) is 5.92 Å². The molecule has 0 bridgehead atoms. The summed E-state index contributed by atoms with van der Waals surface area (Å²) in [5.41, 5.74) is 0.570. The Kier molecular flexibility index (Phi) is 5.43. The number of nitrogens with one attached hydrogen (secondary N) is 1. The summed E-state index contributed by atoms with van der Waals surface area (Å²) in [5.74, 6) is 0.410. The van der Waals surface area contributed by atoms with Crippen molar-refractivity contribution in [3.05, 3.63) is 56.5 Å². The monoisotopic (exact) mass is 412 g/mol. The highest BCUT2D eigenvalue weighted by atomic mass is 16.5. The van der Waals surface area contributed by atoms with E-state index >= 15 is 0 Å². The number of imidazole rings is 1. The van der Waals surface area contributed by atoms with Crippen molar-refractivity contribution in [2.75, 3.05) is 6.61 Å². The molecular formula is C21H24N4O5. The van der Waals surface area contributed by atoms with Crippen molar-refractivity contribution >= 4 is 17.1 Å². The topological polar surface area (TPSA) is 108 Å². The summed E-state index contributed by atoms with van der Waals surface area (Å²) in [6, 6.07) is 7.62. The summed E-state index contributed by atoms with van der Waals surface area (Å²) in [5, 5.41) is 0. The van der Waals surface area contributed by atoms with Gasteiger partial charge in [-0.25, -0.2) is 9.78 Å². The Balaban J connectivity index is 1.54. The lowest BCUT2D eigenvalue weighted by Crippen LogP contribution is -2.31. The zero-order valence-corrected chi connectivity index (χ0v) is 17.0. The molecule has 3 heterocycles. The first-order chi connectivity index (χ1) is 14.5. The van der Waals surface area contributed by atoms with Gasteiger partial charge in [0, 0.05) is 13.6 Å². The molecule has 0 spiro atoms. The van der Waals surface area contributed by atoms with Crippen molar-refractivity contribution in [1.29, 1.82) is 0 Å². The lowest BCUT2D eigenvalue weighted by atomic mass is 9.97. The maximum absolute atomic E-state index is 12.6. The standard InChI is InChI=1S/C21H24N4O5/c1-3-4-9-25-18-17(19(26)23-21(25)28)24(2)16(22-18)12-30-20(27)14-10-13-7-5-6-8-15(13)29-11-14/h5-8,14H,3-4,9-12H2,1-2H3,(H,23,26,28). The van der Waals surface area contributed by atoms with Gasteiger partial charge < -0.3 is 14.0 Å². The highest BCUT2D eigenvalue weighted by Gasteiger charge is 2.27. The predicted molar refractivity (Wildman–Crippen MR) is 109 cm³/mol. The van der Waals surface area contributed by atoms with Gasteiger partial charge in [-0.05, 0) is 24.5 Å². The quantitative estimate of drug-likeness (QED) is 0.615. The number of aromatic amines is 1. The van der Waals surface area contributed by atoms with Crippen LogP contribution in [-0.2, 0) is 36.2 Å². The number of hydrogen-bond donors (Lipinski definition) is 1. The van der Waals surface area contributed by atoms with Gasteiger partial charge in [0.25, 0.3) is 5.56 Å². The number of nitrogens with zero attached hydrogens (tertiary/aromatic N) is 3. The van der Waals surface area contributed by atoms with Gasteiger partial charge in [0.15, 0.2) is 11.2 Å². The summed E-state index contributed by atoms with van der Waals surface area (Å²) < 4.78 is 14.2. The largest absolute Gasteiger partial charge is 0.492 e. The van der Waals surface area contributed by atoms with Crippen molar-refractivity contribution in [2.24, 2.45) is 13.0 Å². The molecule has 9 heteroatoms. The number of unbranched alkanes of at least 4 members (excludes halogenated alkanes) is 1. The summed E-state index contributed by atoms with van der Waals surface area (Å²) in [6.07, 6.45) is 2.23. The van der Waals surface area contributed by atoms with Crippen LogP contribution in [-0.4, -0.2) is 31.7 Å². The Hall–Kier alpha value is -3.36. The van der Waals surface area contributed by atoms with Gasteiger partial charge in [0.1, 0.15) is 24.8 Å². The van der Waals surface area contributed by atoms with Crippen LogP contribution < -0.4 is 16.0 Å². The molecule has 0 amide bonds. The van der Waals surface area contributed by atoms with Crippen LogP contribution in [0.15, 0.2) is 33.9 Å². The molecular weight excluding hydrogens is 388 g/mol. The molecule has 158 valence electrons. The van der Waals surface area contributed by atoms with E-state index < -0.39 is 17.2 Å². The van der Waals surface area contributed by atoms with Gasteiger partial charge in [-0.1, -0.05) is 31.5 Å². The van der Waals surface area contributed by atoms with Crippen LogP contribution in [0.4, 0.5) is 0 Å². The van der Waals surface area contributed by atoms with E-state index in [1.165, 1.54) is 4.57 Å². The fraction of sp³-hybridized carbons (Fsp3) is 0.429. The third-order valence-corrected chi connectivity index (χ3v) is 5.40. The van der Waals surface area contributed by atoms with Crippen molar-refractivity contribution in [1.82, 2.24) is 19.1 Å². The van der Waals surface area contributed by atoms with Crippen LogP contribution in [0.25, 0.3) is 11.2 Å². The molecule has 0 radical (unpaired) electrons. The Morgan fingerprint density at radius 1 is 1.33 bits per heavy atom. The number of para-hydroxylation sites is 1. The highest BCUT2D eigenvalue weighted by molar-refractivity contribution is 5.74.